The Balaban J connectivity index is 2.23. The fraction of sp³-hybridized carbons (Fsp3) is 0.929. The Morgan fingerprint density at radius 2 is 2.00 bits per heavy atom. The van der Waals surface area contributed by atoms with Crippen LogP contribution in [0.1, 0.15) is 58.8 Å². The molecule has 0 heterocycles. The van der Waals surface area contributed by atoms with E-state index in [-0.39, 0.29) is 11.3 Å². The van der Waals surface area contributed by atoms with Crippen LogP contribution < -0.4 is 11.1 Å². The summed E-state index contributed by atoms with van der Waals surface area (Å²) >= 11 is 0. The van der Waals surface area contributed by atoms with Crippen molar-refractivity contribution < 1.29 is 4.79 Å². The third-order valence-electron chi connectivity index (χ3n) is 4.34. The molecule has 0 spiro atoms. The fourth-order valence-corrected chi connectivity index (χ4v) is 2.48. The maximum absolute atomic E-state index is 12.0. The lowest BCUT2D eigenvalue weighted by Gasteiger charge is -2.26. The minimum atomic E-state index is -0.382. The van der Waals surface area contributed by atoms with Gasteiger partial charge in [-0.2, -0.15) is 0 Å². The number of carbonyl (C=O) groups excluding carboxylic acids is 1. The number of nitrogens with one attached hydrogen (secondary N) is 1. The molecule has 17 heavy (non-hydrogen) atoms. The largest absolute Gasteiger partial charge is 0.356 e. The summed E-state index contributed by atoms with van der Waals surface area (Å²) in [5.41, 5.74) is 5.29. The van der Waals surface area contributed by atoms with Gasteiger partial charge in [0.25, 0.3) is 0 Å². The van der Waals surface area contributed by atoms with Crippen LogP contribution in [-0.4, -0.2) is 19.0 Å². The lowest BCUT2D eigenvalue weighted by molar-refractivity contribution is -0.129. The Kier molecular flexibility index (Phi) is 5.96. The fourth-order valence-electron chi connectivity index (χ4n) is 2.48. The van der Waals surface area contributed by atoms with Crippen molar-refractivity contribution in [2.45, 2.75) is 58.8 Å². The normalized spacial score (nSPS) is 20.9. The summed E-state index contributed by atoms with van der Waals surface area (Å²) in [6, 6.07) is 0. The molecule has 0 aromatic heterocycles. The molecule has 0 aliphatic heterocycles. The Morgan fingerprint density at radius 1 is 1.35 bits per heavy atom. The third kappa shape index (κ3) is 4.30. The molecule has 1 fully saturated rings. The van der Waals surface area contributed by atoms with Gasteiger partial charge in [-0.3, -0.25) is 4.79 Å². The van der Waals surface area contributed by atoms with E-state index < -0.39 is 0 Å². The molecule has 1 saturated carbocycles. The van der Waals surface area contributed by atoms with Crippen molar-refractivity contribution in [1.82, 2.24) is 5.32 Å². The number of nitrogens with two attached hydrogens (primary N) is 1. The first-order valence-corrected chi connectivity index (χ1v) is 7.10. The van der Waals surface area contributed by atoms with Crippen LogP contribution >= 0.6 is 0 Å². The topological polar surface area (TPSA) is 55.1 Å². The Hall–Kier alpha value is -0.570. The second-order valence-electron chi connectivity index (χ2n) is 5.67. The minimum absolute atomic E-state index is 0.123. The van der Waals surface area contributed by atoms with Crippen molar-refractivity contribution in [3.05, 3.63) is 0 Å². The van der Waals surface area contributed by atoms with Crippen LogP contribution in [0.5, 0.6) is 0 Å². The first-order chi connectivity index (χ1) is 8.12. The highest BCUT2D eigenvalue weighted by Gasteiger charge is 2.29. The van der Waals surface area contributed by atoms with Crippen molar-refractivity contribution in [2.24, 2.45) is 17.1 Å². The van der Waals surface area contributed by atoms with Gasteiger partial charge in [-0.25, -0.2) is 0 Å². The Bertz CT molecular complexity index is 230. The van der Waals surface area contributed by atoms with E-state index in [1.165, 1.54) is 32.1 Å². The lowest BCUT2D eigenvalue weighted by atomic mass is 9.85. The van der Waals surface area contributed by atoms with Crippen molar-refractivity contribution in [2.75, 3.05) is 13.1 Å². The van der Waals surface area contributed by atoms with Crippen LogP contribution in [-0.2, 0) is 4.79 Å². The molecule has 0 aromatic rings. The van der Waals surface area contributed by atoms with Gasteiger partial charge in [0.1, 0.15) is 0 Å². The van der Waals surface area contributed by atoms with Gasteiger partial charge in [-0.05, 0) is 25.7 Å². The highest BCUT2D eigenvalue weighted by molar-refractivity contribution is 5.82. The van der Waals surface area contributed by atoms with E-state index in [1.807, 2.05) is 13.8 Å². The monoisotopic (exact) mass is 240 g/mol. The molecule has 100 valence electrons. The zero-order valence-corrected chi connectivity index (χ0v) is 11.4. The maximum Gasteiger partial charge on any atom is 0.227 e. The van der Waals surface area contributed by atoms with E-state index in [2.05, 4.69) is 5.32 Å². The van der Waals surface area contributed by atoms with E-state index in [1.54, 1.807) is 0 Å². The van der Waals surface area contributed by atoms with E-state index in [0.29, 0.717) is 6.54 Å². The molecule has 3 N–H and O–H groups in total. The summed E-state index contributed by atoms with van der Waals surface area (Å²) in [5.74, 6) is 0.952. The molecule has 1 aliphatic carbocycles. The summed E-state index contributed by atoms with van der Waals surface area (Å²) in [5, 5.41) is 3.05. The summed E-state index contributed by atoms with van der Waals surface area (Å²) in [7, 11) is 0. The van der Waals surface area contributed by atoms with Gasteiger partial charge in [-0.15, -0.1) is 0 Å². The second-order valence-corrected chi connectivity index (χ2v) is 5.67. The smallest absolute Gasteiger partial charge is 0.227 e. The number of amides is 1. The number of hydrogen-bond acceptors (Lipinski definition) is 2. The van der Waals surface area contributed by atoms with Crippen molar-refractivity contribution >= 4 is 5.91 Å². The Labute approximate surface area is 106 Å². The van der Waals surface area contributed by atoms with Crippen LogP contribution in [0, 0.1) is 11.3 Å². The number of hydrogen-bond donors (Lipinski definition) is 2. The summed E-state index contributed by atoms with van der Waals surface area (Å²) in [4.78, 5) is 12.0. The SMILES string of the molecule is CCC(C)(CN)C(=O)NCCC1CCCCC1. The molecule has 0 saturated heterocycles. The van der Waals surface area contributed by atoms with Crippen molar-refractivity contribution in [3.63, 3.8) is 0 Å². The van der Waals surface area contributed by atoms with Crippen molar-refractivity contribution in [3.8, 4) is 0 Å². The molecule has 3 nitrogen and oxygen atoms in total. The zero-order valence-electron chi connectivity index (χ0n) is 11.4. The molecule has 1 aliphatic rings. The second kappa shape index (κ2) is 7.00. The quantitative estimate of drug-likeness (QED) is 0.749. The molecule has 1 rings (SSSR count). The third-order valence-corrected chi connectivity index (χ3v) is 4.34. The van der Waals surface area contributed by atoms with Crippen LogP contribution in [0.15, 0.2) is 0 Å². The van der Waals surface area contributed by atoms with Gasteiger partial charge in [0.05, 0.1) is 5.41 Å². The van der Waals surface area contributed by atoms with Crippen LogP contribution in [0.2, 0.25) is 0 Å². The van der Waals surface area contributed by atoms with Gasteiger partial charge in [-0.1, -0.05) is 39.0 Å². The van der Waals surface area contributed by atoms with Crippen LogP contribution in [0.3, 0.4) is 0 Å². The maximum atomic E-state index is 12.0. The molecule has 3 heteroatoms. The summed E-state index contributed by atoms with van der Waals surface area (Å²) in [6.45, 7) is 5.22. The predicted octanol–water partition coefficient (Wildman–Crippen LogP) is 2.45. The van der Waals surface area contributed by atoms with Crippen molar-refractivity contribution in [1.29, 1.82) is 0 Å². The predicted molar refractivity (Wildman–Crippen MR) is 71.7 cm³/mol. The molecule has 0 aromatic carbocycles. The van der Waals surface area contributed by atoms with E-state index in [4.69, 9.17) is 5.73 Å². The van der Waals surface area contributed by atoms with E-state index in [0.717, 1.165) is 25.3 Å². The average molecular weight is 240 g/mol. The molecule has 1 amide bonds. The highest BCUT2D eigenvalue weighted by Crippen LogP contribution is 2.26. The van der Waals surface area contributed by atoms with Gasteiger partial charge in [0.2, 0.25) is 5.91 Å². The summed E-state index contributed by atoms with van der Waals surface area (Å²) < 4.78 is 0. The molecular formula is C14H28N2O. The minimum Gasteiger partial charge on any atom is -0.356 e. The van der Waals surface area contributed by atoms with Gasteiger partial charge in [0, 0.05) is 13.1 Å². The molecule has 0 bridgehead atoms. The Morgan fingerprint density at radius 3 is 2.53 bits per heavy atom. The van der Waals surface area contributed by atoms with E-state index >= 15 is 0 Å². The standard InChI is InChI=1S/C14H28N2O/c1-3-14(2,11-15)13(17)16-10-9-12-7-5-4-6-8-12/h12H,3-11,15H2,1-2H3,(H,16,17). The summed E-state index contributed by atoms with van der Waals surface area (Å²) in [6.07, 6.45) is 8.76. The first kappa shape index (κ1) is 14.5. The van der Waals surface area contributed by atoms with Gasteiger partial charge >= 0.3 is 0 Å². The van der Waals surface area contributed by atoms with Gasteiger partial charge in [0.15, 0.2) is 0 Å². The lowest BCUT2D eigenvalue weighted by Crippen LogP contribution is -2.44. The average Bonchev–Trinajstić information content (AvgIpc) is 2.39. The van der Waals surface area contributed by atoms with Gasteiger partial charge < -0.3 is 11.1 Å². The molecule has 1 unspecified atom stereocenters. The molecular weight excluding hydrogens is 212 g/mol. The molecule has 0 radical (unpaired) electrons. The highest BCUT2D eigenvalue weighted by atomic mass is 16.2. The van der Waals surface area contributed by atoms with Crippen LogP contribution in [0.25, 0.3) is 0 Å². The molecule has 1 atom stereocenters. The zero-order chi connectivity index (χ0) is 12.7. The van der Waals surface area contributed by atoms with Crippen LogP contribution in [0.4, 0.5) is 0 Å². The first-order valence-electron chi connectivity index (χ1n) is 7.10. The number of carbonyl (C=O) groups is 1. The number of rotatable bonds is 6. The van der Waals surface area contributed by atoms with E-state index in [9.17, 15) is 4.79 Å².